The Balaban J connectivity index is 1.71. The first kappa shape index (κ1) is 15.2. The molecule has 26 heavy (non-hydrogen) atoms. The second-order valence-corrected chi connectivity index (χ2v) is 6.67. The predicted octanol–water partition coefficient (Wildman–Crippen LogP) is 4.57. The molecule has 130 valence electrons. The van der Waals surface area contributed by atoms with Crippen LogP contribution in [-0.2, 0) is 0 Å². The van der Waals surface area contributed by atoms with Crippen LogP contribution < -0.4 is 15.4 Å². The zero-order valence-electron chi connectivity index (χ0n) is 14.3. The van der Waals surface area contributed by atoms with Crippen molar-refractivity contribution >= 4 is 11.5 Å². The fraction of sp³-hybridized carbons (Fsp3) is 0.190. The first-order valence-corrected chi connectivity index (χ1v) is 8.68. The van der Waals surface area contributed by atoms with Crippen LogP contribution in [0.25, 0.3) is 11.1 Å². The van der Waals surface area contributed by atoms with Crippen molar-refractivity contribution in [1.29, 1.82) is 0 Å². The van der Waals surface area contributed by atoms with Gasteiger partial charge in [-0.1, -0.05) is 24.3 Å². The summed E-state index contributed by atoms with van der Waals surface area (Å²) in [6.07, 6.45) is 1.84. The van der Waals surface area contributed by atoms with Crippen LogP contribution in [0.2, 0.25) is 0 Å². The largest absolute Gasteiger partial charge is 0.494 e. The molecule has 0 fully saturated rings. The normalized spacial score (nSPS) is 19.6. The second-order valence-electron chi connectivity index (χ2n) is 6.67. The Hall–Kier alpha value is -3.08. The summed E-state index contributed by atoms with van der Waals surface area (Å²) in [7, 11) is 1.48. The zero-order valence-corrected chi connectivity index (χ0v) is 14.3. The van der Waals surface area contributed by atoms with Gasteiger partial charge in [-0.3, -0.25) is 0 Å². The maximum Gasteiger partial charge on any atom is 0.165 e. The van der Waals surface area contributed by atoms with Crippen molar-refractivity contribution in [2.45, 2.75) is 12.0 Å². The highest BCUT2D eigenvalue weighted by molar-refractivity contribution is 5.85. The van der Waals surface area contributed by atoms with Crippen LogP contribution in [-0.4, -0.2) is 18.6 Å². The Morgan fingerprint density at radius 3 is 2.85 bits per heavy atom. The number of methoxy groups -OCH3 is 1. The molecule has 2 atom stereocenters. The maximum atomic E-state index is 14.4. The van der Waals surface area contributed by atoms with Crippen LogP contribution >= 0.6 is 0 Å². The van der Waals surface area contributed by atoms with E-state index in [9.17, 15) is 4.39 Å². The van der Waals surface area contributed by atoms with E-state index in [1.165, 1.54) is 18.2 Å². The van der Waals surface area contributed by atoms with Gasteiger partial charge in [-0.25, -0.2) is 9.37 Å². The number of fused-ring (bicyclic) bond motifs is 2. The van der Waals surface area contributed by atoms with Crippen molar-refractivity contribution in [3.05, 3.63) is 71.7 Å². The van der Waals surface area contributed by atoms with E-state index in [0.717, 1.165) is 29.2 Å². The second kappa shape index (κ2) is 5.73. The lowest BCUT2D eigenvalue weighted by Crippen LogP contribution is -2.20. The summed E-state index contributed by atoms with van der Waals surface area (Å²) in [5.41, 5.74) is 5.48. The summed E-state index contributed by atoms with van der Waals surface area (Å²) in [5, 5.41) is 7.05. The monoisotopic (exact) mass is 347 g/mol. The first-order valence-electron chi connectivity index (χ1n) is 8.68. The van der Waals surface area contributed by atoms with E-state index >= 15 is 0 Å². The average molecular weight is 347 g/mol. The molecule has 2 aromatic carbocycles. The van der Waals surface area contributed by atoms with E-state index in [-0.39, 0.29) is 23.5 Å². The van der Waals surface area contributed by atoms with Crippen molar-refractivity contribution in [3.63, 3.8) is 0 Å². The van der Waals surface area contributed by atoms with Gasteiger partial charge in [0, 0.05) is 35.5 Å². The van der Waals surface area contributed by atoms with E-state index in [1.807, 2.05) is 24.4 Å². The molecule has 0 aliphatic carbocycles. The van der Waals surface area contributed by atoms with Gasteiger partial charge >= 0.3 is 0 Å². The molecule has 2 aliphatic heterocycles. The smallest absolute Gasteiger partial charge is 0.165 e. The number of rotatable bonds is 2. The number of nitrogens with one attached hydrogen (secondary N) is 2. The van der Waals surface area contributed by atoms with Crippen molar-refractivity contribution in [3.8, 4) is 16.9 Å². The first-order chi connectivity index (χ1) is 12.8. The standard InChI is InChI=1S/C21H18FN3O/c1-26-18-7-6-12(10-16(18)22)20-15-11-24-21-19(15)14(8-9-23-21)13-4-2-3-5-17(13)25-20/h2-10,15,20,25H,11H2,1H3,(H,23,24). The minimum atomic E-state index is -0.345. The quantitative estimate of drug-likeness (QED) is 0.713. The molecule has 3 aromatic rings. The molecule has 2 N–H and O–H groups in total. The Bertz CT molecular complexity index is 1000. The number of pyridine rings is 1. The minimum absolute atomic E-state index is 0.0595. The Labute approximate surface area is 151 Å². The molecule has 0 saturated heterocycles. The molecule has 0 saturated carbocycles. The number of anilines is 2. The van der Waals surface area contributed by atoms with E-state index in [1.54, 1.807) is 12.1 Å². The van der Waals surface area contributed by atoms with Crippen LogP contribution in [0.3, 0.4) is 0 Å². The molecule has 0 radical (unpaired) electrons. The zero-order chi connectivity index (χ0) is 17.7. The molecule has 5 heteroatoms. The molecule has 2 unspecified atom stereocenters. The topological polar surface area (TPSA) is 46.2 Å². The maximum absolute atomic E-state index is 14.4. The molecule has 0 bridgehead atoms. The number of hydrogen-bond acceptors (Lipinski definition) is 4. The van der Waals surface area contributed by atoms with Gasteiger partial charge in [0.2, 0.25) is 0 Å². The molecule has 4 nitrogen and oxygen atoms in total. The van der Waals surface area contributed by atoms with E-state index in [2.05, 4.69) is 33.8 Å². The summed E-state index contributed by atoms with van der Waals surface area (Å²) in [4.78, 5) is 4.51. The number of aromatic nitrogens is 1. The number of hydrogen-bond donors (Lipinski definition) is 2. The average Bonchev–Trinajstić information content (AvgIpc) is 3.04. The number of nitrogens with zero attached hydrogens (tertiary/aromatic N) is 1. The number of halogens is 1. The lowest BCUT2D eigenvalue weighted by Gasteiger charge is -2.25. The molecule has 0 amide bonds. The van der Waals surface area contributed by atoms with Gasteiger partial charge in [0.25, 0.3) is 0 Å². The molecule has 0 spiro atoms. The molecule has 1 aromatic heterocycles. The van der Waals surface area contributed by atoms with Crippen molar-refractivity contribution < 1.29 is 9.13 Å². The van der Waals surface area contributed by atoms with Gasteiger partial charge in [0.15, 0.2) is 11.6 Å². The van der Waals surface area contributed by atoms with Crippen LogP contribution in [0.5, 0.6) is 5.75 Å². The van der Waals surface area contributed by atoms with Crippen LogP contribution in [0.1, 0.15) is 23.1 Å². The van der Waals surface area contributed by atoms with Crippen molar-refractivity contribution in [2.75, 3.05) is 24.3 Å². The summed E-state index contributed by atoms with van der Waals surface area (Å²) in [5.74, 6) is 0.996. The Kier molecular flexibility index (Phi) is 3.35. The molecular formula is C21H18FN3O. The third-order valence-electron chi connectivity index (χ3n) is 5.32. The van der Waals surface area contributed by atoms with Crippen LogP contribution in [0, 0.1) is 5.82 Å². The third kappa shape index (κ3) is 2.17. The van der Waals surface area contributed by atoms with Crippen LogP contribution in [0.15, 0.2) is 54.7 Å². The highest BCUT2D eigenvalue weighted by Gasteiger charge is 2.37. The van der Waals surface area contributed by atoms with Gasteiger partial charge in [0.1, 0.15) is 5.82 Å². The molecular weight excluding hydrogens is 329 g/mol. The fourth-order valence-electron chi connectivity index (χ4n) is 4.12. The highest BCUT2D eigenvalue weighted by Crippen LogP contribution is 2.49. The van der Waals surface area contributed by atoms with E-state index in [0.29, 0.717) is 0 Å². The summed E-state index contributed by atoms with van der Waals surface area (Å²) in [6, 6.07) is 15.4. The van der Waals surface area contributed by atoms with Crippen LogP contribution in [0.4, 0.5) is 15.9 Å². The summed E-state index contributed by atoms with van der Waals surface area (Å²) >= 11 is 0. The number of para-hydroxylation sites is 1. The molecule has 2 aliphatic rings. The lowest BCUT2D eigenvalue weighted by atomic mass is 9.87. The van der Waals surface area contributed by atoms with Gasteiger partial charge in [-0.15, -0.1) is 0 Å². The van der Waals surface area contributed by atoms with Crippen molar-refractivity contribution in [2.24, 2.45) is 0 Å². The number of ether oxygens (including phenoxy) is 1. The summed E-state index contributed by atoms with van der Waals surface area (Å²) < 4.78 is 19.4. The summed E-state index contributed by atoms with van der Waals surface area (Å²) in [6.45, 7) is 0.763. The van der Waals surface area contributed by atoms with Gasteiger partial charge in [0.05, 0.1) is 13.2 Å². The Morgan fingerprint density at radius 1 is 1.12 bits per heavy atom. The number of benzene rings is 2. The predicted molar refractivity (Wildman–Crippen MR) is 100 cm³/mol. The third-order valence-corrected chi connectivity index (χ3v) is 5.32. The van der Waals surface area contributed by atoms with E-state index in [4.69, 9.17) is 4.74 Å². The highest BCUT2D eigenvalue weighted by atomic mass is 19.1. The van der Waals surface area contributed by atoms with Gasteiger partial charge in [-0.05, 0) is 35.4 Å². The van der Waals surface area contributed by atoms with Gasteiger partial charge in [-0.2, -0.15) is 0 Å². The lowest BCUT2D eigenvalue weighted by molar-refractivity contribution is 0.385. The van der Waals surface area contributed by atoms with E-state index < -0.39 is 0 Å². The van der Waals surface area contributed by atoms with Crippen molar-refractivity contribution in [1.82, 2.24) is 4.98 Å². The Morgan fingerprint density at radius 2 is 2.00 bits per heavy atom. The fourth-order valence-corrected chi connectivity index (χ4v) is 4.12. The molecule has 5 rings (SSSR count). The van der Waals surface area contributed by atoms with Gasteiger partial charge < -0.3 is 15.4 Å². The SMILES string of the molecule is COc1ccc(C2Nc3ccccc3-c3ccnc4c3C2CN4)cc1F. The molecule has 3 heterocycles. The minimum Gasteiger partial charge on any atom is -0.494 e.